The fourth-order valence-electron chi connectivity index (χ4n) is 2.16. The number of nitrogens with zero attached hydrogens (tertiary/aromatic N) is 1. The quantitative estimate of drug-likeness (QED) is 0.867. The summed E-state index contributed by atoms with van der Waals surface area (Å²) in [5.74, 6) is 0. The zero-order valence-corrected chi connectivity index (χ0v) is 10.4. The summed E-state index contributed by atoms with van der Waals surface area (Å²) in [4.78, 5) is 2.46. The molecule has 1 aromatic carbocycles. The van der Waals surface area contributed by atoms with Crippen LogP contribution >= 0.6 is 0 Å². The second-order valence-electron chi connectivity index (χ2n) is 4.70. The van der Waals surface area contributed by atoms with E-state index in [4.69, 9.17) is 9.84 Å². The van der Waals surface area contributed by atoms with Crippen LogP contribution < -0.4 is 0 Å². The summed E-state index contributed by atoms with van der Waals surface area (Å²) in [5.41, 5.74) is 2.27. The summed E-state index contributed by atoms with van der Waals surface area (Å²) >= 11 is 0. The highest BCUT2D eigenvalue weighted by molar-refractivity contribution is 5.21. The second-order valence-corrected chi connectivity index (χ2v) is 4.70. The van der Waals surface area contributed by atoms with Gasteiger partial charge in [-0.2, -0.15) is 0 Å². The molecule has 3 heteroatoms. The third-order valence-electron chi connectivity index (χ3n) is 3.42. The van der Waals surface area contributed by atoms with Gasteiger partial charge in [-0.3, -0.25) is 4.90 Å². The van der Waals surface area contributed by atoms with Crippen molar-refractivity contribution in [1.82, 2.24) is 4.90 Å². The monoisotopic (exact) mass is 235 g/mol. The van der Waals surface area contributed by atoms with Crippen LogP contribution in [0.15, 0.2) is 24.3 Å². The minimum Gasteiger partial charge on any atom is -0.392 e. The number of ether oxygens (including phenoxy) is 1. The Balaban J connectivity index is 1.98. The number of rotatable bonds is 3. The third-order valence-corrected chi connectivity index (χ3v) is 3.42. The molecule has 1 heterocycles. The Morgan fingerprint density at radius 2 is 1.94 bits per heavy atom. The Morgan fingerprint density at radius 1 is 1.24 bits per heavy atom. The standard InChI is InChI=1S/C14H21NO2/c1-12-6-8-17-9-7-15(12)10-13-2-4-14(11-16)5-3-13/h2-5,12,16H,6-11H2,1H3. The molecule has 0 amide bonds. The first-order chi connectivity index (χ1) is 8.29. The van der Waals surface area contributed by atoms with E-state index in [2.05, 4.69) is 24.0 Å². The maximum Gasteiger partial charge on any atom is 0.0681 e. The van der Waals surface area contributed by atoms with Crippen LogP contribution in [-0.4, -0.2) is 35.8 Å². The van der Waals surface area contributed by atoms with E-state index >= 15 is 0 Å². The van der Waals surface area contributed by atoms with Crippen molar-refractivity contribution in [3.05, 3.63) is 35.4 Å². The molecule has 94 valence electrons. The first-order valence-electron chi connectivity index (χ1n) is 6.30. The van der Waals surface area contributed by atoms with E-state index in [0.717, 1.165) is 38.3 Å². The van der Waals surface area contributed by atoms with E-state index in [1.807, 2.05) is 12.1 Å². The minimum absolute atomic E-state index is 0.119. The van der Waals surface area contributed by atoms with Crippen LogP contribution in [0.25, 0.3) is 0 Å². The van der Waals surface area contributed by atoms with Crippen molar-refractivity contribution in [2.24, 2.45) is 0 Å². The van der Waals surface area contributed by atoms with E-state index in [-0.39, 0.29) is 6.61 Å². The molecule has 1 unspecified atom stereocenters. The van der Waals surface area contributed by atoms with Gasteiger partial charge in [0.25, 0.3) is 0 Å². The molecule has 1 saturated heterocycles. The topological polar surface area (TPSA) is 32.7 Å². The molecule has 1 N–H and O–H groups in total. The van der Waals surface area contributed by atoms with E-state index in [9.17, 15) is 0 Å². The molecule has 1 atom stereocenters. The Hall–Kier alpha value is -0.900. The molecule has 0 spiro atoms. The molecular formula is C14H21NO2. The van der Waals surface area contributed by atoms with Gasteiger partial charge in [-0.15, -0.1) is 0 Å². The maximum absolute atomic E-state index is 9.00. The van der Waals surface area contributed by atoms with E-state index in [1.54, 1.807) is 0 Å². The number of benzene rings is 1. The van der Waals surface area contributed by atoms with Gasteiger partial charge >= 0.3 is 0 Å². The van der Waals surface area contributed by atoms with Crippen molar-refractivity contribution in [3.8, 4) is 0 Å². The number of hydrogen-bond acceptors (Lipinski definition) is 3. The molecule has 0 saturated carbocycles. The first kappa shape index (κ1) is 12.6. The molecule has 1 aliphatic rings. The van der Waals surface area contributed by atoms with Crippen LogP contribution in [0, 0.1) is 0 Å². The minimum atomic E-state index is 0.119. The zero-order chi connectivity index (χ0) is 12.1. The first-order valence-corrected chi connectivity index (χ1v) is 6.30. The lowest BCUT2D eigenvalue weighted by Crippen LogP contribution is -2.33. The average Bonchev–Trinajstić information content (AvgIpc) is 2.56. The predicted octanol–water partition coefficient (Wildman–Crippen LogP) is 1.79. The van der Waals surface area contributed by atoms with Gasteiger partial charge in [-0.1, -0.05) is 24.3 Å². The van der Waals surface area contributed by atoms with Gasteiger partial charge in [-0.25, -0.2) is 0 Å². The van der Waals surface area contributed by atoms with Gasteiger partial charge in [0.2, 0.25) is 0 Å². The Morgan fingerprint density at radius 3 is 2.65 bits per heavy atom. The van der Waals surface area contributed by atoms with Crippen LogP contribution in [0.5, 0.6) is 0 Å². The smallest absolute Gasteiger partial charge is 0.0681 e. The lowest BCUT2D eigenvalue weighted by Gasteiger charge is -2.26. The highest BCUT2D eigenvalue weighted by Crippen LogP contribution is 2.14. The molecule has 1 aliphatic heterocycles. The van der Waals surface area contributed by atoms with Gasteiger partial charge in [0.15, 0.2) is 0 Å². The Bertz CT molecular complexity index is 337. The molecular weight excluding hydrogens is 214 g/mol. The summed E-state index contributed by atoms with van der Waals surface area (Å²) in [6.07, 6.45) is 1.11. The molecule has 1 aromatic rings. The highest BCUT2D eigenvalue weighted by Gasteiger charge is 2.16. The number of aliphatic hydroxyl groups is 1. The lowest BCUT2D eigenvalue weighted by molar-refractivity contribution is 0.139. The fraction of sp³-hybridized carbons (Fsp3) is 0.571. The summed E-state index contributed by atoms with van der Waals surface area (Å²) in [6.45, 7) is 6.06. The van der Waals surface area contributed by atoms with Gasteiger partial charge < -0.3 is 9.84 Å². The van der Waals surface area contributed by atoms with Crippen molar-refractivity contribution in [2.75, 3.05) is 19.8 Å². The summed E-state index contributed by atoms with van der Waals surface area (Å²) in [5, 5.41) is 9.00. The van der Waals surface area contributed by atoms with Crippen molar-refractivity contribution in [2.45, 2.75) is 32.5 Å². The largest absolute Gasteiger partial charge is 0.392 e. The van der Waals surface area contributed by atoms with E-state index in [1.165, 1.54) is 5.56 Å². The summed E-state index contributed by atoms with van der Waals surface area (Å²) < 4.78 is 5.49. The van der Waals surface area contributed by atoms with Crippen molar-refractivity contribution < 1.29 is 9.84 Å². The number of hydrogen-bond donors (Lipinski definition) is 1. The summed E-state index contributed by atoms with van der Waals surface area (Å²) in [7, 11) is 0. The normalized spacial score (nSPS) is 22.4. The Kier molecular flexibility index (Phi) is 4.54. The summed E-state index contributed by atoms with van der Waals surface area (Å²) in [6, 6.07) is 8.77. The van der Waals surface area contributed by atoms with Crippen LogP contribution in [0.4, 0.5) is 0 Å². The van der Waals surface area contributed by atoms with Crippen LogP contribution in [0.3, 0.4) is 0 Å². The molecule has 2 rings (SSSR count). The van der Waals surface area contributed by atoms with E-state index in [0.29, 0.717) is 6.04 Å². The SMILES string of the molecule is CC1CCOCCN1Cc1ccc(CO)cc1. The van der Waals surface area contributed by atoms with Crippen LogP contribution in [0.1, 0.15) is 24.5 Å². The second kappa shape index (κ2) is 6.15. The van der Waals surface area contributed by atoms with Crippen molar-refractivity contribution >= 4 is 0 Å². The molecule has 1 fully saturated rings. The maximum atomic E-state index is 9.00. The third kappa shape index (κ3) is 3.53. The van der Waals surface area contributed by atoms with Crippen LogP contribution in [0.2, 0.25) is 0 Å². The van der Waals surface area contributed by atoms with E-state index < -0.39 is 0 Å². The fourth-order valence-corrected chi connectivity index (χ4v) is 2.16. The molecule has 17 heavy (non-hydrogen) atoms. The molecule has 0 bridgehead atoms. The highest BCUT2D eigenvalue weighted by atomic mass is 16.5. The van der Waals surface area contributed by atoms with Crippen molar-refractivity contribution in [1.29, 1.82) is 0 Å². The van der Waals surface area contributed by atoms with Gasteiger partial charge in [-0.05, 0) is 24.5 Å². The predicted molar refractivity (Wildman–Crippen MR) is 67.7 cm³/mol. The van der Waals surface area contributed by atoms with Gasteiger partial charge in [0, 0.05) is 25.7 Å². The molecule has 3 nitrogen and oxygen atoms in total. The van der Waals surface area contributed by atoms with Gasteiger partial charge in [0.05, 0.1) is 13.2 Å². The molecule has 0 aliphatic carbocycles. The lowest BCUT2D eigenvalue weighted by atomic mass is 10.1. The molecule has 0 aromatic heterocycles. The number of aliphatic hydroxyl groups excluding tert-OH is 1. The van der Waals surface area contributed by atoms with Crippen LogP contribution in [-0.2, 0) is 17.9 Å². The average molecular weight is 235 g/mol. The van der Waals surface area contributed by atoms with Crippen molar-refractivity contribution in [3.63, 3.8) is 0 Å². The Labute approximate surface area is 103 Å². The molecule has 0 radical (unpaired) electrons. The zero-order valence-electron chi connectivity index (χ0n) is 10.4. The van der Waals surface area contributed by atoms with Gasteiger partial charge in [0.1, 0.15) is 0 Å².